The zero-order valence-electron chi connectivity index (χ0n) is 43.5. The Hall–Kier alpha value is -7.03. The monoisotopic (exact) mass is 1190 g/mol. The van der Waals surface area contributed by atoms with Crippen molar-refractivity contribution in [3.8, 4) is 17.4 Å². The topological polar surface area (TPSA) is 285 Å². The van der Waals surface area contributed by atoms with E-state index in [2.05, 4.69) is 14.7 Å². The van der Waals surface area contributed by atoms with Crippen LogP contribution in [0.15, 0.2) is 42.7 Å². The van der Waals surface area contributed by atoms with Crippen molar-refractivity contribution in [3.05, 3.63) is 63.7 Å². The van der Waals surface area contributed by atoms with Gasteiger partial charge in [0.2, 0.25) is 18.3 Å². The molecule has 6 rings (SSSR count). The lowest BCUT2D eigenvalue weighted by atomic mass is 9.91. The zero-order chi connectivity index (χ0) is 59.9. The first-order valence-electron chi connectivity index (χ1n) is 24.1. The maximum Gasteiger partial charge on any atom is 0.433 e. The maximum atomic E-state index is 14.0. The summed E-state index contributed by atoms with van der Waals surface area (Å²) < 4.78 is 184. The van der Waals surface area contributed by atoms with E-state index in [1.54, 1.807) is 0 Å². The lowest BCUT2D eigenvalue weighted by molar-refractivity contribution is -0.376. The second kappa shape index (κ2) is 26.3. The van der Waals surface area contributed by atoms with Gasteiger partial charge < -0.3 is 66.7 Å². The molecule has 4 heterocycles. The molecule has 3 aliphatic rings. The van der Waals surface area contributed by atoms with Crippen LogP contribution in [0.3, 0.4) is 0 Å². The first kappa shape index (κ1) is 63.2. The van der Waals surface area contributed by atoms with Crippen molar-refractivity contribution < 1.29 is 135 Å². The number of ether oxygens (including phenoxy) is 13. The first-order valence-corrected chi connectivity index (χ1v) is 24.9. The van der Waals surface area contributed by atoms with Crippen LogP contribution in [0.2, 0.25) is 0 Å². The van der Waals surface area contributed by atoms with Gasteiger partial charge in [0, 0.05) is 77.7 Å². The Morgan fingerprint density at radius 1 is 0.617 bits per heavy atom. The van der Waals surface area contributed by atoms with E-state index < -0.39 is 164 Å². The van der Waals surface area contributed by atoms with Gasteiger partial charge >= 0.3 is 66.4 Å². The van der Waals surface area contributed by atoms with Gasteiger partial charge in [-0.25, -0.2) is 9.97 Å². The number of pyridine rings is 1. The molecule has 2 saturated heterocycles. The minimum absolute atomic E-state index is 0.0844. The number of aliphatic hydroxyl groups is 1. The number of hydrogen-bond donors (Lipinski definition) is 1. The molecule has 11 atom stereocenters. The number of esters is 7. The van der Waals surface area contributed by atoms with E-state index in [9.17, 15) is 73.8 Å². The fourth-order valence-electron chi connectivity index (χ4n) is 8.32. The highest BCUT2D eigenvalue weighted by Gasteiger charge is 2.73. The number of halogens is 8. The van der Waals surface area contributed by atoms with Gasteiger partial charge in [0.15, 0.2) is 42.2 Å². The van der Waals surface area contributed by atoms with Gasteiger partial charge in [-0.2, -0.15) is 35.1 Å². The molecular weight excluding hydrogens is 1140 g/mol. The number of aromatic nitrogens is 2. The molecule has 2 aliphatic heterocycles. The SMILES string of the molecule is CC(=O)OC[C@H]1O[C@@H](O[C@H]2[C@H](OC(C)=O)[C@@H](OC(C)=O)[C@H](Oc3ccc(CC(c4ccc(OC(F)F)c(OC5CC5)c4)c4cnc(C(O)(C(F)(F)F)C(F)(F)F)s4)cn3)O[C@@H]2COC(C)=O)[C@H](OC(C)=O)[C@@H](OC(C)=O)[C@@H]1OC(C)=O. The Morgan fingerprint density at radius 3 is 1.62 bits per heavy atom. The van der Waals surface area contributed by atoms with Gasteiger partial charge in [-0.3, -0.25) is 33.6 Å². The molecule has 1 aliphatic carbocycles. The molecule has 1 unspecified atom stereocenters. The van der Waals surface area contributed by atoms with E-state index in [0.29, 0.717) is 19.0 Å². The normalized spacial score (nSPS) is 24.4. The van der Waals surface area contributed by atoms with Gasteiger partial charge in [-0.1, -0.05) is 12.1 Å². The molecule has 2 aromatic heterocycles. The minimum Gasteiger partial charge on any atom is -0.487 e. The Kier molecular flexibility index (Phi) is 20.5. The summed E-state index contributed by atoms with van der Waals surface area (Å²) in [5.74, 6) is -9.18. The molecule has 0 amide bonds. The number of thiazole rings is 1. The largest absolute Gasteiger partial charge is 0.487 e. The van der Waals surface area contributed by atoms with E-state index in [-0.39, 0.29) is 45.4 Å². The molecule has 0 spiro atoms. The number of carbonyl (C=O) groups is 7. The van der Waals surface area contributed by atoms with Crippen LogP contribution in [0.1, 0.15) is 88.2 Å². The molecule has 32 heteroatoms. The van der Waals surface area contributed by atoms with Crippen LogP contribution in [0.5, 0.6) is 17.4 Å². The van der Waals surface area contributed by atoms with Crippen LogP contribution >= 0.6 is 11.3 Å². The highest BCUT2D eigenvalue weighted by molar-refractivity contribution is 7.11. The van der Waals surface area contributed by atoms with Crippen molar-refractivity contribution >= 4 is 53.1 Å². The molecule has 1 aromatic carbocycles. The fraction of sp³-hybridized carbons (Fsp3) is 0.571. The zero-order valence-corrected chi connectivity index (χ0v) is 44.3. The van der Waals surface area contributed by atoms with Crippen molar-refractivity contribution in [1.29, 1.82) is 0 Å². The molecule has 23 nitrogen and oxygen atoms in total. The molecular formula is C49H52F8N2O21S. The van der Waals surface area contributed by atoms with E-state index >= 15 is 0 Å². The van der Waals surface area contributed by atoms with Crippen molar-refractivity contribution in [2.24, 2.45) is 0 Å². The van der Waals surface area contributed by atoms with E-state index in [1.165, 1.54) is 24.3 Å². The second-order valence-electron chi connectivity index (χ2n) is 18.2. The predicted octanol–water partition coefficient (Wildman–Crippen LogP) is 5.37. The fourth-order valence-corrected chi connectivity index (χ4v) is 9.49. The summed E-state index contributed by atoms with van der Waals surface area (Å²) in [4.78, 5) is 94.9. The first-order chi connectivity index (χ1) is 37.8. The summed E-state index contributed by atoms with van der Waals surface area (Å²) in [5, 5.41) is 8.41. The van der Waals surface area contributed by atoms with Crippen LogP contribution < -0.4 is 14.2 Å². The molecule has 81 heavy (non-hydrogen) atoms. The molecule has 1 N–H and O–H groups in total. The third kappa shape index (κ3) is 16.3. The smallest absolute Gasteiger partial charge is 0.433 e. The van der Waals surface area contributed by atoms with Crippen molar-refractivity contribution in [2.75, 3.05) is 13.2 Å². The lowest BCUT2D eigenvalue weighted by Crippen LogP contribution is -2.67. The maximum absolute atomic E-state index is 14.0. The number of hydrogen-bond acceptors (Lipinski definition) is 24. The second-order valence-corrected chi connectivity index (χ2v) is 19.3. The van der Waals surface area contributed by atoms with Gasteiger partial charge in [-0.05, 0) is 42.5 Å². The average molecular weight is 1190 g/mol. The third-order valence-corrected chi connectivity index (χ3v) is 13.0. The minimum atomic E-state index is -6.29. The standard InChI is InChI=1S/C49H52F8N2O21S/c1-20(60)68-18-33-37(70-22(3)62)39(71-23(4)63)42(74-26(7)66)44(77-33)80-38-34(19-69-21(2)61)76-43(41(73-25(6)65)40(38)72-24(5)64)79-36-13-8-27(16-58-36)14-30(28-9-12-31(78-46(50)51)32(15-28)75-29-10-11-29)35-17-59-45(81-35)47(67,48(52,53)54)49(55,56)57/h8-9,12-13,15-17,29-30,33-34,37-44,46,67H,10-11,14,18-19H2,1-7H3/t30?,33-,34-,37-,38-,39+,40+,41-,42-,43+,44+/m1/s1. The van der Waals surface area contributed by atoms with Crippen LogP contribution in [-0.4, -0.2) is 157 Å². The van der Waals surface area contributed by atoms with E-state index in [4.69, 9.17) is 56.8 Å². The van der Waals surface area contributed by atoms with Crippen LogP contribution in [-0.2, 0) is 93.0 Å². The predicted molar refractivity (Wildman–Crippen MR) is 248 cm³/mol. The quantitative estimate of drug-likeness (QED) is 0.0752. The Morgan fingerprint density at radius 2 is 1.12 bits per heavy atom. The number of alkyl halides is 8. The third-order valence-electron chi connectivity index (χ3n) is 11.8. The van der Waals surface area contributed by atoms with Crippen LogP contribution in [0.25, 0.3) is 0 Å². The number of carbonyl (C=O) groups excluding carboxylic acids is 7. The molecule has 446 valence electrons. The number of benzene rings is 1. The van der Waals surface area contributed by atoms with Crippen molar-refractivity contribution in [2.45, 2.75) is 166 Å². The molecule has 0 radical (unpaired) electrons. The summed E-state index contributed by atoms with van der Waals surface area (Å²) in [6.07, 6.45) is -28.6. The summed E-state index contributed by atoms with van der Waals surface area (Å²) in [6, 6.07) is 5.97. The van der Waals surface area contributed by atoms with Crippen LogP contribution in [0, 0.1) is 0 Å². The highest BCUT2D eigenvalue weighted by atomic mass is 32.1. The summed E-state index contributed by atoms with van der Waals surface area (Å²) in [5.41, 5.74) is -5.14. The number of rotatable bonds is 22. The van der Waals surface area contributed by atoms with Gasteiger partial charge in [0.25, 0.3) is 0 Å². The van der Waals surface area contributed by atoms with Crippen molar-refractivity contribution in [1.82, 2.24) is 9.97 Å². The molecule has 0 bridgehead atoms. The van der Waals surface area contributed by atoms with Crippen molar-refractivity contribution in [3.63, 3.8) is 0 Å². The van der Waals surface area contributed by atoms with Crippen LogP contribution in [0.4, 0.5) is 35.1 Å². The van der Waals surface area contributed by atoms with E-state index in [0.717, 1.165) is 60.7 Å². The van der Waals surface area contributed by atoms with E-state index in [1.807, 2.05) is 0 Å². The van der Waals surface area contributed by atoms with Gasteiger partial charge in [0.1, 0.15) is 36.5 Å². The Labute approximate surface area is 457 Å². The average Bonchev–Trinajstić information content (AvgIpc) is 4.29. The molecule has 3 aromatic rings. The highest BCUT2D eigenvalue weighted by Crippen LogP contribution is 2.52. The Bertz CT molecular complexity index is 2730. The summed E-state index contributed by atoms with van der Waals surface area (Å²) in [7, 11) is 0. The Balaban J connectivity index is 1.38. The summed E-state index contributed by atoms with van der Waals surface area (Å²) >= 11 is -0.134. The summed E-state index contributed by atoms with van der Waals surface area (Å²) in [6.45, 7) is 1.97. The van der Waals surface area contributed by atoms with Gasteiger partial charge in [-0.15, -0.1) is 11.3 Å². The van der Waals surface area contributed by atoms with Gasteiger partial charge in [0.05, 0.1) is 6.10 Å². The molecule has 3 fully saturated rings. The number of nitrogens with zero attached hydrogens (tertiary/aromatic N) is 2. The lowest BCUT2D eigenvalue weighted by Gasteiger charge is -2.48. The molecule has 1 saturated carbocycles.